The second-order valence-corrected chi connectivity index (χ2v) is 6.52. The van der Waals surface area contributed by atoms with Gasteiger partial charge in [0.1, 0.15) is 5.82 Å². The molecule has 1 aliphatic carbocycles. The van der Waals surface area contributed by atoms with E-state index in [1.54, 1.807) is 13.2 Å². The number of methoxy groups -OCH3 is 1. The van der Waals surface area contributed by atoms with Crippen molar-refractivity contribution in [3.05, 3.63) is 35.6 Å². The number of nitrogens with one attached hydrogen (secondary N) is 2. The van der Waals surface area contributed by atoms with Crippen LogP contribution in [0.5, 0.6) is 0 Å². The topological polar surface area (TPSA) is 48.9 Å². The van der Waals surface area contributed by atoms with Gasteiger partial charge < -0.3 is 20.3 Å². The molecular weight excluding hydrogens is 319 g/mol. The number of halogens is 1. The lowest BCUT2D eigenvalue weighted by Gasteiger charge is -2.16. The summed E-state index contributed by atoms with van der Waals surface area (Å²) in [6, 6.07) is 7.30. The minimum Gasteiger partial charge on any atom is -0.385 e. The molecule has 2 unspecified atom stereocenters. The Bertz CT molecular complexity index is 552. The molecule has 25 heavy (non-hydrogen) atoms. The van der Waals surface area contributed by atoms with E-state index in [0.29, 0.717) is 0 Å². The van der Waals surface area contributed by atoms with Crippen LogP contribution < -0.4 is 10.6 Å². The Hall–Kier alpha value is -1.66. The zero-order valence-corrected chi connectivity index (χ0v) is 15.6. The molecule has 1 aromatic carbocycles. The van der Waals surface area contributed by atoms with Crippen LogP contribution in [-0.2, 0) is 4.74 Å². The van der Waals surface area contributed by atoms with E-state index >= 15 is 0 Å². The summed E-state index contributed by atoms with van der Waals surface area (Å²) in [4.78, 5) is 6.90. The van der Waals surface area contributed by atoms with E-state index in [4.69, 9.17) is 4.74 Å². The molecule has 0 radical (unpaired) electrons. The van der Waals surface area contributed by atoms with E-state index in [9.17, 15) is 4.39 Å². The number of ether oxygens (including phenoxy) is 1. The van der Waals surface area contributed by atoms with Gasteiger partial charge in [-0.05, 0) is 38.4 Å². The van der Waals surface area contributed by atoms with Gasteiger partial charge in [-0.2, -0.15) is 0 Å². The Kier molecular flexibility index (Phi) is 8.15. The molecule has 1 aliphatic rings. The first-order valence-corrected chi connectivity index (χ1v) is 9.12. The number of guanidine groups is 1. The summed E-state index contributed by atoms with van der Waals surface area (Å²) in [6.07, 6.45) is 1.98. The average molecular weight is 350 g/mol. The lowest BCUT2D eigenvalue weighted by atomic mass is 10.1. The van der Waals surface area contributed by atoms with Crippen LogP contribution in [0, 0.1) is 5.82 Å². The molecule has 6 heteroatoms. The first-order valence-electron chi connectivity index (χ1n) is 9.12. The van der Waals surface area contributed by atoms with Crippen molar-refractivity contribution in [3.63, 3.8) is 0 Å². The summed E-state index contributed by atoms with van der Waals surface area (Å²) < 4.78 is 18.9. The van der Waals surface area contributed by atoms with Crippen molar-refractivity contribution in [2.75, 3.05) is 46.9 Å². The van der Waals surface area contributed by atoms with Crippen LogP contribution in [-0.4, -0.2) is 63.8 Å². The number of benzene rings is 1. The van der Waals surface area contributed by atoms with E-state index in [1.807, 2.05) is 12.1 Å². The van der Waals surface area contributed by atoms with Crippen molar-refractivity contribution < 1.29 is 9.13 Å². The number of hydrogen-bond donors (Lipinski definition) is 2. The van der Waals surface area contributed by atoms with Gasteiger partial charge in [-0.1, -0.05) is 18.2 Å². The molecule has 0 bridgehead atoms. The maximum absolute atomic E-state index is 13.9. The summed E-state index contributed by atoms with van der Waals surface area (Å²) in [5, 5.41) is 6.70. The highest BCUT2D eigenvalue weighted by Gasteiger charge is 2.40. The first kappa shape index (κ1) is 19.7. The van der Waals surface area contributed by atoms with Gasteiger partial charge in [0.2, 0.25) is 0 Å². The fourth-order valence-corrected chi connectivity index (χ4v) is 2.89. The van der Waals surface area contributed by atoms with Gasteiger partial charge >= 0.3 is 0 Å². The normalized spacial score (nSPS) is 20.0. The lowest BCUT2D eigenvalue weighted by molar-refractivity contribution is 0.180. The molecule has 2 rings (SSSR count). The Balaban J connectivity index is 1.78. The summed E-state index contributed by atoms with van der Waals surface area (Å²) >= 11 is 0. The van der Waals surface area contributed by atoms with E-state index < -0.39 is 0 Å². The number of nitrogens with zero attached hydrogens (tertiary/aromatic N) is 2. The van der Waals surface area contributed by atoms with Gasteiger partial charge in [-0.15, -0.1) is 0 Å². The van der Waals surface area contributed by atoms with Crippen molar-refractivity contribution in [2.45, 2.75) is 31.7 Å². The van der Waals surface area contributed by atoms with Gasteiger partial charge in [-0.25, -0.2) is 4.39 Å². The quantitative estimate of drug-likeness (QED) is 0.386. The Morgan fingerprint density at radius 3 is 2.88 bits per heavy atom. The summed E-state index contributed by atoms with van der Waals surface area (Å²) in [5.41, 5.74) is 0.800. The number of likely N-dealkylation sites (N-methyl/N-ethyl adjacent to an activating group) is 1. The van der Waals surface area contributed by atoms with E-state index in [2.05, 4.69) is 34.5 Å². The average Bonchev–Trinajstić information content (AvgIpc) is 3.34. The third kappa shape index (κ3) is 6.63. The Morgan fingerprint density at radius 1 is 1.36 bits per heavy atom. The number of rotatable bonds is 10. The zero-order chi connectivity index (χ0) is 18.1. The van der Waals surface area contributed by atoms with Crippen LogP contribution >= 0.6 is 0 Å². The SMILES string of the molecule is CCNC(=NCCN(C)CCCOC)NC1CC1c1ccccc1F. The first-order chi connectivity index (χ1) is 12.2. The molecule has 2 N–H and O–H groups in total. The maximum atomic E-state index is 13.9. The molecular formula is C19H31FN4O. The van der Waals surface area contributed by atoms with Crippen LogP contribution in [0.3, 0.4) is 0 Å². The fourth-order valence-electron chi connectivity index (χ4n) is 2.89. The molecule has 2 atom stereocenters. The highest BCUT2D eigenvalue weighted by molar-refractivity contribution is 5.80. The standard InChI is InChI=1S/C19H31FN4O/c1-4-21-19(22-10-12-24(2)11-7-13-25-3)23-18-14-16(18)15-8-5-6-9-17(15)20/h5-6,8-9,16,18H,4,7,10-14H2,1-3H3,(H2,21,22,23). The molecule has 1 fully saturated rings. The Labute approximate surface area is 150 Å². The molecule has 0 aromatic heterocycles. The summed E-state index contributed by atoms with van der Waals surface area (Å²) in [6.45, 7) is 6.29. The smallest absolute Gasteiger partial charge is 0.191 e. The monoisotopic (exact) mass is 350 g/mol. The predicted octanol–water partition coefficient (Wildman–Crippen LogP) is 2.21. The second-order valence-electron chi connectivity index (χ2n) is 6.52. The second kappa shape index (κ2) is 10.4. The third-order valence-corrected chi connectivity index (χ3v) is 4.40. The van der Waals surface area contributed by atoms with Crippen molar-refractivity contribution in [2.24, 2.45) is 4.99 Å². The third-order valence-electron chi connectivity index (χ3n) is 4.40. The van der Waals surface area contributed by atoms with Gasteiger partial charge in [0.15, 0.2) is 5.96 Å². The summed E-state index contributed by atoms with van der Waals surface area (Å²) in [7, 11) is 3.83. The van der Waals surface area contributed by atoms with Gasteiger partial charge in [0.25, 0.3) is 0 Å². The van der Waals surface area contributed by atoms with Crippen LogP contribution in [0.25, 0.3) is 0 Å². The molecule has 0 spiro atoms. The molecule has 0 amide bonds. The van der Waals surface area contributed by atoms with Gasteiger partial charge in [-0.3, -0.25) is 4.99 Å². The van der Waals surface area contributed by atoms with Crippen molar-refractivity contribution >= 4 is 5.96 Å². The number of hydrogen-bond acceptors (Lipinski definition) is 3. The molecule has 0 saturated heterocycles. The largest absolute Gasteiger partial charge is 0.385 e. The Morgan fingerprint density at radius 2 is 2.16 bits per heavy atom. The molecule has 0 aliphatic heterocycles. The van der Waals surface area contributed by atoms with E-state index in [0.717, 1.165) is 57.2 Å². The zero-order valence-electron chi connectivity index (χ0n) is 15.6. The van der Waals surface area contributed by atoms with E-state index in [-0.39, 0.29) is 17.8 Å². The fraction of sp³-hybridized carbons (Fsp3) is 0.632. The van der Waals surface area contributed by atoms with Crippen LogP contribution in [0.15, 0.2) is 29.3 Å². The molecule has 140 valence electrons. The van der Waals surface area contributed by atoms with Crippen LogP contribution in [0.2, 0.25) is 0 Å². The molecule has 1 saturated carbocycles. The highest BCUT2D eigenvalue weighted by atomic mass is 19.1. The molecule has 1 aromatic rings. The maximum Gasteiger partial charge on any atom is 0.191 e. The number of aliphatic imine (C=N–C) groups is 1. The minimum absolute atomic E-state index is 0.114. The van der Waals surface area contributed by atoms with E-state index in [1.165, 1.54) is 6.07 Å². The van der Waals surface area contributed by atoms with Crippen molar-refractivity contribution in [3.8, 4) is 0 Å². The van der Waals surface area contributed by atoms with Crippen LogP contribution in [0.1, 0.15) is 31.2 Å². The lowest BCUT2D eigenvalue weighted by Crippen LogP contribution is -2.39. The molecule has 0 heterocycles. The molecule has 5 nitrogen and oxygen atoms in total. The van der Waals surface area contributed by atoms with Crippen LogP contribution in [0.4, 0.5) is 4.39 Å². The van der Waals surface area contributed by atoms with Crippen molar-refractivity contribution in [1.29, 1.82) is 0 Å². The summed E-state index contributed by atoms with van der Waals surface area (Å²) in [5.74, 6) is 0.940. The minimum atomic E-state index is -0.114. The van der Waals surface area contributed by atoms with Crippen molar-refractivity contribution in [1.82, 2.24) is 15.5 Å². The van der Waals surface area contributed by atoms with Gasteiger partial charge in [0, 0.05) is 45.3 Å². The van der Waals surface area contributed by atoms with Gasteiger partial charge in [0.05, 0.1) is 6.54 Å². The predicted molar refractivity (Wildman–Crippen MR) is 101 cm³/mol. The highest BCUT2D eigenvalue weighted by Crippen LogP contribution is 2.41.